The van der Waals surface area contributed by atoms with Crippen molar-refractivity contribution in [2.24, 2.45) is 0 Å². The average molecular weight is 276 g/mol. The van der Waals surface area contributed by atoms with Crippen LogP contribution in [-0.4, -0.2) is 42.0 Å². The Kier molecular flexibility index (Phi) is 5.36. The van der Waals surface area contributed by atoms with Gasteiger partial charge in [-0.05, 0) is 26.8 Å². The van der Waals surface area contributed by atoms with E-state index >= 15 is 0 Å². The molecule has 4 nitrogen and oxygen atoms in total. The molecule has 96 valence electrons. The number of nitrogens with one attached hydrogen (secondary N) is 1. The quantitative estimate of drug-likeness (QED) is 0.894. The predicted molar refractivity (Wildman–Crippen MR) is 72.1 cm³/mol. The van der Waals surface area contributed by atoms with E-state index in [1.54, 1.807) is 6.20 Å². The molecule has 0 bridgehead atoms. The third-order valence-corrected chi connectivity index (χ3v) is 3.85. The summed E-state index contributed by atoms with van der Waals surface area (Å²) in [5.74, 6) is 0.130. The molecule has 6 heteroatoms. The lowest BCUT2D eigenvalue weighted by Crippen LogP contribution is -2.46. The molecule has 0 radical (unpaired) electrons. The van der Waals surface area contributed by atoms with Crippen LogP contribution in [0.5, 0.6) is 0 Å². The third kappa shape index (κ3) is 3.40. The van der Waals surface area contributed by atoms with E-state index in [0.717, 1.165) is 35.8 Å². The molecule has 0 spiro atoms. The van der Waals surface area contributed by atoms with E-state index in [2.05, 4.69) is 10.3 Å². The van der Waals surface area contributed by atoms with Crippen molar-refractivity contribution in [3.05, 3.63) is 16.1 Å². The van der Waals surface area contributed by atoms with Gasteiger partial charge < -0.3 is 10.2 Å². The Bertz CT molecular complexity index is 383. The summed E-state index contributed by atoms with van der Waals surface area (Å²) in [5, 5.41) is 4.19. The van der Waals surface area contributed by atoms with Crippen LogP contribution < -0.4 is 5.32 Å². The molecule has 0 saturated carbocycles. The molecule has 1 unspecified atom stereocenters. The topological polar surface area (TPSA) is 45.2 Å². The highest BCUT2D eigenvalue weighted by atomic mass is 35.5. The summed E-state index contributed by atoms with van der Waals surface area (Å²) in [4.78, 5) is 19.0. The fourth-order valence-electron chi connectivity index (χ4n) is 2.01. The average Bonchev–Trinajstić information content (AvgIpc) is 2.75. The molecule has 17 heavy (non-hydrogen) atoms. The summed E-state index contributed by atoms with van der Waals surface area (Å²) < 4.78 is 0. The summed E-state index contributed by atoms with van der Waals surface area (Å²) in [5.41, 5.74) is 0. The van der Waals surface area contributed by atoms with Gasteiger partial charge in [0.1, 0.15) is 4.88 Å². The molecule has 1 saturated heterocycles. The van der Waals surface area contributed by atoms with Crippen molar-refractivity contribution in [3.8, 4) is 0 Å². The van der Waals surface area contributed by atoms with Gasteiger partial charge in [0.05, 0.1) is 11.2 Å². The summed E-state index contributed by atoms with van der Waals surface area (Å²) in [6.07, 6.45) is 3.92. The van der Waals surface area contributed by atoms with Gasteiger partial charge in [-0.3, -0.25) is 4.79 Å². The van der Waals surface area contributed by atoms with Crippen molar-refractivity contribution >= 4 is 29.7 Å². The van der Waals surface area contributed by atoms with E-state index in [1.807, 2.05) is 18.9 Å². The van der Waals surface area contributed by atoms with Crippen LogP contribution in [0, 0.1) is 6.92 Å². The number of likely N-dealkylation sites (N-methyl/N-ethyl adjacent to an activating group) is 1. The Balaban J connectivity index is 0.00000144. The molecule has 0 aliphatic carbocycles. The number of carbonyl (C=O) groups excluding carboxylic acids is 1. The van der Waals surface area contributed by atoms with Crippen LogP contribution in [0.15, 0.2) is 6.20 Å². The van der Waals surface area contributed by atoms with E-state index in [0.29, 0.717) is 6.04 Å². The Morgan fingerprint density at radius 2 is 2.41 bits per heavy atom. The van der Waals surface area contributed by atoms with E-state index < -0.39 is 0 Å². The molecule has 1 fully saturated rings. The molecule has 1 amide bonds. The Morgan fingerprint density at radius 3 is 3.00 bits per heavy atom. The van der Waals surface area contributed by atoms with Crippen molar-refractivity contribution < 1.29 is 4.79 Å². The number of halogens is 1. The van der Waals surface area contributed by atoms with Crippen molar-refractivity contribution in [2.45, 2.75) is 25.8 Å². The monoisotopic (exact) mass is 275 g/mol. The number of aryl methyl sites for hydroxylation is 1. The third-order valence-electron chi connectivity index (χ3n) is 2.95. The van der Waals surface area contributed by atoms with Crippen molar-refractivity contribution in [1.82, 2.24) is 15.2 Å². The molecule has 1 N–H and O–H groups in total. The van der Waals surface area contributed by atoms with Crippen LogP contribution in [0.2, 0.25) is 0 Å². The van der Waals surface area contributed by atoms with Crippen molar-refractivity contribution in [2.75, 3.05) is 20.1 Å². The lowest BCUT2D eigenvalue weighted by molar-refractivity contribution is 0.0703. The molecule has 1 aromatic heterocycles. The van der Waals surface area contributed by atoms with Crippen LogP contribution in [0.1, 0.15) is 27.5 Å². The Morgan fingerprint density at radius 1 is 1.65 bits per heavy atom. The number of aromatic nitrogens is 1. The second-order valence-corrected chi connectivity index (χ2v) is 5.36. The Labute approximate surface area is 112 Å². The minimum Gasteiger partial charge on any atom is -0.336 e. The molecule has 2 rings (SSSR count). The molecule has 1 aliphatic rings. The fourth-order valence-corrected chi connectivity index (χ4v) is 2.76. The van der Waals surface area contributed by atoms with E-state index in [9.17, 15) is 4.79 Å². The van der Waals surface area contributed by atoms with Crippen LogP contribution in [0.4, 0.5) is 0 Å². The van der Waals surface area contributed by atoms with Crippen molar-refractivity contribution in [3.63, 3.8) is 0 Å². The maximum absolute atomic E-state index is 12.1. The van der Waals surface area contributed by atoms with Gasteiger partial charge in [0, 0.05) is 19.1 Å². The number of hydrogen-bond donors (Lipinski definition) is 1. The van der Waals surface area contributed by atoms with Gasteiger partial charge in [-0.2, -0.15) is 0 Å². The summed E-state index contributed by atoms with van der Waals surface area (Å²) in [6.45, 7) is 3.61. The lowest BCUT2D eigenvalue weighted by atomic mass is 10.1. The zero-order valence-corrected chi connectivity index (χ0v) is 11.7. The largest absolute Gasteiger partial charge is 0.336 e. The molecule has 1 atom stereocenters. The summed E-state index contributed by atoms with van der Waals surface area (Å²) >= 11 is 1.48. The Hall–Kier alpha value is -0.650. The zero-order chi connectivity index (χ0) is 11.5. The number of carbonyl (C=O) groups is 1. The first-order chi connectivity index (χ1) is 7.70. The maximum atomic E-state index is 12.1. The van der Waals surface area contributed by atoms with Crippen molar-refractivity contribution in [1.29, 1.82) is 0 Å². The second-order valence-electron chi connectivity index (χ2n) is 4.12. The van der Waals surface area contributed by atoms with Gasteiger partial charge in [0.2, 0.25) is 0 Å². The number of amides is 1. The second kappa shape index (κ2) is 6.33. The molecular weight excluding hydrogens is 258 g/mol. The molecule has 2 heterocycles. The maximum Gasteiger partial charge on any atom is 0.265 e. The number of likely N-dealkylation sites (tertiary alicyclic amines) is 1. The standard InChI is InChI=1S/C11H17N3OS.ClH/c1-8-13-6-10(16-8)11(15)14-5-3-4-9(7-14)12-2;/h6,9,12H,3-5,7H2,1-2H3;1H. The SMILES string of the molecule is CNC1CCCN(C(=O)c2cnc(C)s2)C1.Cl. The van der Waals surface area contributed by atoms with Gasteiger partial charge >= 0.3 is 0 Å². The minimum atomic E-state index is 0. The first kappa shape index (κ1) is 14.4. The number of rotatable bonds is 2. The number of nitrogens with zero attached hydrogens (tertiary/aromatic N) is 2. The zero-order valence-electron chi connectivity index (χ0n) is 10.1. The van der Waals surface area contributed by atoms with Gasteiger partial charge in [0.25, 0.3) is 5.91 Å². The number of piperidine rings is 1. The first-order valence-corrected chi connectivity index (χ1v) is 6.41. The fraction of sp³-hybridized carbons (Fsp3) is 0.636. The van der Waals surface area contributed by atoms with Crippen LogP contribution in [-0.2, 0) is 0 Å². The molecule has 1 aliphatic heterocycles. The number of hydrogen-bond acceptors (Lipinski definition) is 4. The highest BCUT2D eigenvalue weighted by Crippen LogP contribution is 2.17. The summed E-state index contributed by atoms with van der Waals surface area (Å²) in [6, 6.07) is 0.437. The van der Waals surface area contributed by atoms with Crippen LogP contribution >= 0.6 is 23.7 Å². The smallest absolute Gasteiger partial charge is 0.265 e. The molecular formula is C11H18ClN3OS. The summed E-state index contributed by atoms with van der Waals surface area (Å²) in [7, 11) is 1.95. The highest BCUT2D eigenvalue weighted by Gasteiger charge is 2.24. The normalized spacial score (nSPS) is 19.9. The molecule has 1 aromatic rings. The van der Waals surface area contributed by atoms with Crippen LogP contribution in [0.3, 0.4) is 0 Å². The van der Waals surface area contributed by atoms with E-state index in [-0.39, 0.29) is 18.3 Å². The van der Waals surface area contributed by atoms with Crippen LogP contribution in [0.25, 0.3) is 0 Å². The first-order valence-electron chi connectivity index (χ1n) is 5.59. The van der Waals surface area contributed by atoms with Gasteiger partial charge in [0.15, 0.2) is 0 Å². The van der Waals surface area contributed by atoms with Gasteiger partial charge in [-0.25, -0.2) is 4.98 Å². The lowest BCUT2D eigenvalue weighted by Gasteiger charge is -2.32. The number of thiazole rings is 1. The van der Waals surface area contributed by atoms with Gasteiger partial charge in [-0.15, -0.1) is 23.7 Å². The van der Waals surface area contributed by atoms with Gasteiger partial charge in [-0.1, -0.05) is 0 Å². The predicted octanol–water partition coefficient (Wildman–Crippen LogP) is 1.70. The van der Waals surface area contributed by atoms with E-state index in [1.165, 1.54) is 11.3 Å². The minimum absolute atomic E-state index is 0. The van der Waals surface area contributed by atoms with E-state index in [4.69, 9.17) is 0 Å². The highest BCUT2D eigenvalue weighted by molar-refractivity contribution is 7.13. The molecule has 0 aromatic carbocycles.